The molecule has 0 aliphatic carbocycles. The number of benzene rings is 1. The number of carboxylic acids is 1. The molecule has 8 heteroatoms. The van der Waals surface area contributed by atoms with Gasteiger partial charge in [0.05, 0.1) is 12.5 Å². The van der Waals surface area contributed by atoms with Crippen molar-refractivity contribution in [3.63, 3.8) is 0 Å². The van der Waals surface area contributed by atoms with Crippen LogP contribution in [0.5, 0.6) is 0 Å². The molecule has 0 fully saturated rings. The summed E-state index contributed by atoms with van der Waals surface area (Å²) < 4.78 is 4.95. The summed E-state index contributed by atoms with van der Waals surface area (Å²) in [6.07, 6.45) is 2.55. The van der Waals surface area contributed by atoms with Crippen LogP contribution in [0, 0.1) is 12.3 Å². The Kier molecular flexibility index (Phi) is 8.54. The minimum absolute atomic E-state index is 0.0790. The molecule has 0 heterocycles. The molecule has 0 aliphatic heterocycles. The van der Waals surface area contributed by atoms with E-state index >= 15 is 0 Å². The number of amides is 2. The Balaban J connectivity index is 2.28. The lowest BCUT2D eigenvalue weighted by atomic mass is 10.2. The van der Waals surface area contributed by atoms with Gasteiger partial charge in [-0.1, -0.05) is 30.3 Å². The number of aliphatic hydroxyl groups is 1. The summed E-state index contributed by atoms with van der Waals surface area (Å²) in [5.41, 5.74) is 0.811. The predicted molar refractivity (Wildman–Crippen MR) is 88.3 cm³/mol. The molecule has 134 valence electrons. The number of aliphatic carboxylic acids is 1. The molecule has 2 amide bonds. The number of alkyl carbamates (subject to hydrolysis) is 1. The van der Waals surface area contributed by atoms with Gasteiger partial charge >= 0.3 is 12.1 Å². The quantitative estimate of drug-likeness (QED) is 0.474. The van der Waals surface area contributed by atoms with Crippen LogP contribution in [-0.4, -0.2) is 46.9 Å². The third-order valence-electron chi connectivity index (χ3n) is 3.07. The van der Waals surface area contributed by atoms with Crippen LogP contribution < -0.4 is 10.6 Å². The average Bonchev–Trinajstić information content (AvgIpc) is 2.58. The predicted octanol–water partition coefficient (Wildman–Crippen LogP) is 0.256. The van der Waals surface area contributed by atoms with Crippen molar-refractivity contribution in [1.82, 2.24) is 10.6 Å². The van der Waals surface area contributed by atoms with Crippen molar-refractivity contribution in [2.24, 2.45) is 0 Å². The minimum Gasteiger partial charge on any atom is -0.480 e. The highest BCUT2D eigenvalue weighted by Crippen LogP contribution is 2.01. The van der Waals surface area contributed by atoms with Crippen LogP contribution in [0.2, 0.25) is 0 Å². The fourth-order valence-corrected chi connectivity index (χ4v) is 1.83. The number of nitrogens with one attached hydrogen (secondary N) is 2. The topological polar surface area (TPSA) is 125 Å². The van der Waals surface area contributed by atoms with Crippen LogP contribution in [0.15, 0.2) is 30.3 Å². The largest absolute Gasteiger partial charge is 0.480 e. The first-order valence-corrected chi connectivity index (χ1v) is 7.50. The first-order chi connectivity index (χ1) is 11.9. The molecule has 2 atom stereocenters. The van der Waals surface area contributed by atoms with E-state index in [2.05, 4.69) is 16.6 Å². The number of rotatable bonds is 9. The second-order valence-corrected chi connectivity index (χ2v) is 5.17. The van der Waals surface area contributed by atoms with Gasteiger partial charge < -0.3 is 25.6 Å². The number of hydrogen-bond donors (Lipinski definition) is 4. The lowest BCUT2D eigenvalue weighted by Gasteiger charge is -2.15. The Morgan fingerprint density at radius 2 is 1.92 bits per heavy atom. The van der Waals surface area contributed by atoms with E-state index in [1.807, 2.05) is 18.2 Å². The van der Waals surface area contributed by atoms with E-state index in [-0.39, 0.29) is 26.0 Å². The highest BCUT2D eigenvalue weighted by molar-refractivity contribution is 5.84. The Bertz CT molecular complexity index is 626. The summed E-state index contributed by atoms with van der Waals surface area (Å²) in [6, 6.07) is 7.83. The smallest absolute Gasteiger partial charge is 0.407 e. The number of carbonyl (C=O) groups excluding carboxylic acids is 2. The summed E-state index contributed by atoms with van der Waals surface area (Å²) in [5, 5.41) is 23.1. The van der Waals surface area contributed by atoms with Crippen molar-refractivity contribution >= 4 is 18.0 Å². The first kappa shape index (κ1) is 20.0. The van der Waals surface area contributed by atoms with Crippen molar-refractivity contribution in [3.05, 3.63) is 35.9 Å². The maximum Gasteiger partial charge on any atom is 0.407 e. The summed E-state index contributed by atoms with van der Waals surface area (Å²) in [6.45, 7) is -0.135. The highest BCUT2D eigenvalue weighted by atomic mass is 16.5. The van der Waals surface area contributed by atoms with Gasteiger partial charge in [-0.05, 0) is 5.56 Å². The fraction of sp³-hybridized carbons (Fsp3) is 0.353. The zero-order chi connectivity index (χ0) is 18.7. The molecule has 0 saturated carbocycles. The van der Waals surface area contributed by atoms with Gasteiger partial charge in [0.15, 0.2) is 0 Å². The lowest BCUT2D eigenvalue weighted by Crippen LogP contribution is -2.43. The van der Waals surface area contributed by atoms with Crippen LogP contribution in [0.4, 0.5) is 4.79 Å². The van der Waals surface area contributed by atoms with E-state index in [1.54, 1.807) is 12.1 Å². The summed E-state index contributed by atoms with van der Waals surface area (Å²) >= 11 is 0. The molecular weight excluding hydrogens is 328 g/mol. The van der Waals surface area contributed by atoms with Crippen LogP contribution in [0.1, 0.15) is 18.4 Å². The van der Waals surface area contributed by atoms with Gasteiger partial charge in [0.25, 0.3) is 0 Å². The second kappa shape index (κ2) is 10.7. The molecule has 1 rings (SSSR count). The molecule has 4 N–H and O–H groups in total. The molecule has 1 aromatic carbocycles. The number of hydrogen-bond acceptors (Lipinski definition) is 5. The van der Waals surface area contributed by atoms with Gasteiger partial charge in [-0.3, -0.25) is 4.79 Å². The molecular formula is C17H20N2O6. The van der Waals surface area contributed by atoms with Crippen LogP contribution in [-0.2, 0) is 20.9 Å². The second-order valence-electron chi connectivity index (χ2n) is 5.17. The molecule has 0 saturated heterocycles. The summed E-state index contributed by atoms with van der Waals surface area (Å²) in [5.74, 6) is 0.198. The Hall–Kier alpha value is -3.05. The van der Waals surface area contributed by atoms with Crippen molar-refractivity contribution in [3.8, 4) is 12.3 Å². The van der Waals surface area contributed by atoms with Crippen molar-refractivity contribution in [2.45, 2.75) is 31.6 Å². The number of aliphatic hydroxyl groups excluding tert-OH is 1. The van der Waals surface area contributed by atoms with Crippen LogP contribution >= 0.6 is 0 Å². The fourth-order valence-electron chi connectivity index (χ4n) is 1.83. The van der Waals surface area contributed by atoms with Gasteiger partial charge in [0, 0.05) is 13.0 Å². The zero-order valence-electron chi connectivity index (χ0n) is 13.5. The van der Waals surface area contributed by atoms with Gasteiger partial charge in [-0.15, -0.1) is 12.3 Å². The van der Waals surface area contributed by atoms with Gasteiger partial charge in [0.1, 0.15) is 12.6 Å². The third kappa shape index (κ3) is 8.39. The van der Waals surface area contributed by atoms with Gasteiger partial charge in [0.2, 0.25) is 5.91 Å². The summed E-state index contributed by atoms with van der Waals surface area (Å²) in [7, 11) is 0. The van der Waals surface area contributed by atoms with Crippen LogP contribution in [0.25, 0.3) is 0 Å². The van der Waals surface area contributed by atoms with E-state index < -0.39 is 30.1 Å². The normalized spacial score (nSPS) is 12.3. The van der Waals surface area contributed by atoms with Gasteiger partial charge in [-0.25, -0.2) is 9.59 Å². The average molecular weight is 348 g/mol. The SMILES string of the molecule is C#CC[C@@H](NC(=O)C[C@@H](O)CNC(=O)OCc1ccccc1)C(=O)O. The lowest BCUT2D eigenvalue weighted by molar-refractivity contribution is -0.142. The molecule has 0 unspecified atom stereocenters. The van der Waals surface area contributed by atoms with E-state index in [9.17, 15) is 19.5 Å². The molecule has 25 heavy (non-hydrogen) atoms. The molecule has 0 aromatic heterocycles. The maximum absolute atomic E-state index is 11.7. The van der Waals surface area contributed by atoms with Crippen molar-refractivity contribution in [1.29, 1.82) is 0 Å². The van der Waals surface area contributed by atoms with E-state index in [0.717, 1.165) is 5.56 Å². The Morgan fingerprint density at radius 3 is 2.52 bits per heavy atom. The Morgan fingerprint density at radius 1 is 1.24 bits per heavy atom. The zero-order valence-corrected chi connectivity index (χ0v) is 13.5. The number of carboxylic acid groups (broad SMARTS) is 1. The maximum atomic E-state index is 11.7. The van der Waals surface area contributed by atoms with E-state index in [1.165, 1.54) is 0 Å². The Labute approximate surface area is 145 Å². The van der Waals surface area contributed by atoms with E-state index in [4.69, 9.17) is 16.3 Å². The molecule has 0 bridgehead atoms. The highest BCUT2D eigenvalue weighted by Gasteiger charge is 2.20. The number of carbonyl (C=O) groups is 3. The van der Waals surface area contributed by atoms with Gasteiger partial charge in [-0.2, -0.15) is 0 Å². The first-order valence-electron chi connectivity index (χ1n) is 7.50. The monoisotopic (exact) mass is 348 g/mol. The molecule has 0 spiro atoms. The van der Waals surface area contributed by atoms with E-state index in [0.29, 0.717) is 0 Å². The third-order valence-corrected chi connectivity index (χ3v) is 3.07. The summed E-state index contributed by atoms with van der Waals surface area (Å²) in [4.78, 5) is 34.0. The number of terminal acetylenes is 1. The standard InChI is InChI=1S/C17H20N2O6/c1-2-6-14(16(22)23)19-15(21)9-13(20)10-18-17(24)25-11-12-7-4-3-5-8-12/h1,3-5,7-8,13-14,20H,6,9-11H2,(H,18,24)(H,19,21)(H,22,23)/t13-,14-/m1/s1. The molecule has 0 radical (unpaired) electrons. The molecule has 0 aliphatic rings. The molecule has 1 aromatic rings. The minimum atomic E-state index is -1.26. The number of ether oxygens (including phenoxy) is 1. The molecule has 8 nitrogen and oxygen atoms in total. The van der Waals surface area contributed by atoms with Crippen molar-refractivity contribution in [2.75, 3.05) is 6.54 Å². The van der Waals surface area contributed by atoms with Crippen molar-refractivity contribution < 1.29 is 29.3 Å². The van der Waals surface area contributed by atoms with Crippen LogP contribution in [0.3, 0.4) is 0 Å².